The lowest BCUT2D eigenvalue weighted by Gasteiger charge is -2.14. The Morgan fingerprint density at radius 3 is 2.49 bits per heavy atom. The molecule has 5 aromatic rings. The number of carbonyl (C=O) groups excluding carboxylic acids is 1. The van der Waals surface area contributed by atoms with Crippen LogP contribution in [0.1, 0.15) is 39.5 Å². The van der Waals surface area contributed by atoms with Gasteiger partial charge in [0, 0.05) is 11.6 Å². The number of pyridine rings is 1. The van der Waals surface area contributed by atoms with E-state index in [0.717, 1.165) is 55.5 Å². The van der Waals surface area contributed by atoms with Crippen LogP contribution in [0.3, 0.4) is 0 Å². The van der Waals surface area contributed by atoms with Crippen molar-refractivity contribution < 1.29 is 40.6 Å². The van der Waals surface area contributed by atoms with Gasteiger partial charge in [-0.3, -0.25) is 9.71 Å². The zero-order valence-electron chi connectivity index (χ0n) is 25.4. The highest BCUT2D eigenvalue weighted by atomic mass is 35.5. The summed E-state index contributed by atoms with van der Waals surface area (Å²) in [6, 6.07) is 9.70. The van der Waals surface area contributed by atoms with Crippen LogP contribution in [0.15, 0.2) is 60.0 Å². The largest absolute Gasteiger partial charge is 0.480 e. The zero-order valence-corrected chi connectivity index (χ0v) is 27.0. The van der Waals surface area contributed by atoms with Gasteiger partial charge in [0.25, 0.3) is 15.2 Å². The van der Waals surface area contributed by atoms with Crippen LogP contribution in [0.25, 0.3) is 16.6 Å². The number of benzene rings is 2. The molecule has 0 saturated heterocycles. The molecule has 1 N–H and O–H groups in total. The molecule has 0 spiro atoms. The van der Waals surface area contributed by atoms with Crippen molar-refractivity contribution in [3.63, 3.8) is 0 Å². The number of fused-ring (bicyclic) bond motifs is 2. The third-order valence-electron chi connectivity index (χ3n) is 6.46. The van der Waals surface area contributed by atoms with Gasteiger partial charge in [-0.05, 0) is 56.2 Å². The van der Waals surface area contributed by atoms with E-state index in [9.17, 15) is 26.4 Å². The van der Waals surface area contributed by atoms with Crippen molar-refractivity contribution in [1.29, 1.82) is 0 Å². The van der Waals surface area contributed by atoms with E-state index in [2.05, 4.69) is 27.0 Å². The summed E-state index contributed by atoms with van der Waals surface area (Å²) in [5.74, 6) is -3.06. The minimum absolute atomic E-state index is 0.0854. The Hall–Kier alpha value is -4.70. The molecule has 3 heterocycles. The van der Waals surface area contributed by atoms with Gasteiger partial charge in [-0.15, -0.1) is 5.10 Å². The molecule has 5 rings (SSSR count). The molecule has 47 heavy (non-hydrogen) atoms. The second-order valence-electron chi connectivity index (χ2n) is 9.95. The number of halogens is 4. The minimum atomic E-state index is -4.58. The number of nitrogens with zero attached hydrogens (tertiary/aromatic N) is 5. The lowest BCUT2D eigenvalue weighted by molar-refractivity contribution is -0.150. The van der Waals surface area contributed by atoms with E-state index in [1.807, 2.05) is 19.1 Å². The first-order chi connectivity index (χ1) is 22.4. The molecule has 0 amide bonds. The lowest BCUT2D eigenvalue weighted by Crippen LogP contribution is -2.20. The number of carbonyl (C=O) groups is 1. The quantitative estimate of drug-likeness (QED) is 0.120. The number of unbranched alkanes of at least 4 members (excludes halogenated alkanes) is 2. The second kappa shape index (κ2) is 15.7. The number of rotatable bonds is 12. The molecule has 17 heteroatoms. The zero-order chi connectivity index (χ0) is 34.1. The first-order valence-electron chi connectivity index (χ1n) is 14.2. The maximum Gasteiger partial charge on any atom is 0.344 e. The second-order valence-corrected chi connectivity index (χ2v) is 11.9. The van der Waals surface area contributed by atoms with Crippen molar-refractivity contribution in [1.82, 2.24) is 24.6 Å². The van der Waals surface area contributed by atoms with E-state index in [4.69, 9.17) is 25.8 Å². The topological polar surface area (TPSA) is 147 Å². The maximum absolute atomic E-state index is 13.7. The molecule has 0 aliphatic carbocycles. The highest BCUT2D eigenvalue weighted by Crippen LogP contribution is 2.29. The number of nitrogens with one attached hydrogen (secondary N) is 1. The summed E-state index contributed by atoms with van der Waals surface area (Å²) in [6.07, 6.45) is 6.60. The van der Waals surface area contributed by atoms with Crippen molar-refractivity contribution in [2.24, 2.45) is 0 Å². The minimum Gasteiger partial charge on any atom is -0.480 e. The summed E-state index contributed by atoms with van der Waals surface area (Å²) in [7, 11) is -3.37. The van der Waals surface area contributed by atoms with Crippen molar-refractivity contribution in [2.45, 2.75) is 50.8 Å². The van der Waals surface area contributed by atoms with Crippen LogP contribution in [-0.2, 0) is 19.6 Å². The van der Waals surface area contributed by atoms with Crippen molar-refractivity contribution in [3.05, 3.63) is 77.3 Å². The Kier molecular flexibility index (Phi) is 11.8. The van der Waals surface area contributed by atoms with Gasteiger partial charge in [-0.25, -0.2) is 22.9 Å². The summed E-state index contributed by atoms with van der Waals surface area (Å²) in [4.78, 5) is 23.2. The lowest BCUT2D eigenvalue weighted by atomic mass is 10.1. The summed E-state index contributed by atoms with van der Waals surface area (Å²) in [5.41, 5.74) is -0.734. The molecule has 3 aromatic heterocycles. The van der Waals surface area contributed by atoms with E-state index in [-0.39, 0.29) is 24.7 Å². The van der Waals surface area contributed by atoms with Crippen molar-refractivity contribution in [3.8, 4) is 11.8 Å². The molecule has 0 saturated carbocycles. The molecule has 0 aliphatic rings. The Morgan fingerprint density at radius 2 is 1.79 bits per heavy atom. The first-order valence-corrected chi connectivity index (χ1v) is 16.1. The van der Waals surface area contributed by atoms with Gasteiger partial charge in [-0.2, -0.15) is 17.9 Å². The van der Waals surface area contributed by atoms with E-state index in [0.29, 0.717) is 20.8 Å². The van der Waals surface area contributed by atoms with Gasteiger partial charge in [-0.1, -0.05) is 37.4 Å². The molecule has 1 unspecified atom stereocenters. The number of para-hydroxylation sites is 1. The number of methoxy groups -OCH3 is 1. The van der Waals surface area contributed by atoms with E-state index < -0.39 is 44.0 Å². The van der Waals surface area contributed by atoms with E-state index in [1.165, 1.54) is 7.11 Å². The van der Waals surface area contributed by atoms with Crippen LogP contribution in [0, 0.1) is 17.5 Å². The smallest absolute Gasteiger partial charge is 0.344 e. The Bertz CT molecular complexity index is 1960. The third-order valence-corrected chi connectivity index (χ3v) is 7.92. The monoisotopic (exact) mass is 694 g/mol. The number of aromatic nitrogens is 5. The van der Waals surface area contributed by atoms with Crippen molar-refractivity contribution in [2.75, 3.05) is 18.4 Å². The number of ether oxygens (including phenoxy) is 3. The van der Waals surface area contributed by atoms with Crippen LogP contribution in [0.2, 0.25) is 5.02 Å². The van der Waals surface area contributed by atoms with Gasteiger partial charge < -0.3 is 14.2 Å². The van der Waals surface area contributed by atoms with Crippen LogP contribution < -0.4 is 14.2 Å². The van der Waals surface area contributed by atoms with E-state index in [1.54, 1.807) is 23.1 Å². The normalized spacial score (nSPS) is 11.9. The SMILES string of the molecule is CCCCCC(C)OC(=O)COc1ccc(Cl)c2cccnc12.COc1ncc(F)c2nc(S(=O)(=O)Nc3c(F)cccc3F)nn12. The van der Waals surface area contributed by atoms with Gasteiger partial charge >= 0.3 is 12.0 Å². The van der Waals surface area contributed by atoms with Crippen LogP contribution in [0.5, 0.6) is 11.8 Å². The number of hydrogen-bond donors (Lipinski definition) is 1. The van der Waals surface area contributed by atoms with Crippen LogP contribution in [0.4, 0.5) is 18.9 Å². The fourth-order valence-corrected chi connectivity index (χ4v) is 5.36. The maximum atomic E-state index is 13.7. The van der Waals surface area contributed by atoms with Gasteiger partial charge in [0.1, 0.15) is 28.6 Å². The molecule has 1 atom stereocenters. The predicted molar refractivity (Wildman–Crippen MR) is 166 cm³/mol. The van der Waals surface area contributed by atoms with E-state index >= 15 is 0 Å². The van der Waals surface area contributed by atoms with Gasteiger partial charge in [0.15, 0.2) is 18.1 Å². The number of anilines is 1. The molecule has 0 aliphatic heterocycles. The molecule has 12 nitrogen and oxygen atoms in total. The van der Waals surface area contributed by atoms with Gasteiger partial charge in [0.05, 0.1) is 24.4 Å². The summed E-state index contributed by atoms with van der Waals surface area (Å²) in [6.45, 7) is 3.92. The molecular weight excluding hydrogens is 665 g/mol. The summed E-state index contributed by atoms with van der Waals surface area (Å²) < 4.78 is 83.4. The molecule has 0 bridgehead atoms. The number of esters is 1. The average Bonchev–Trinajstić information content (AvgIpc) is 3.51. The Labute approximate surface area is 272 Å². The fourth-order valence-electron chi connectivity index (χ4n) is 4.20. The fraction of sp³-hybridized carbons (Fsp3) is 0.300. The predicted octanol–water partition coefficient (Wildman–Crippen LogP) is 6.13. The summed E-state index contributed by atoms with van der Waals surface area (Å²) >= 11 is 6.13. The molecule has 2 aromatic carbocycles. The molecular formula is C30H30ClF3N6O6S. The average molecular weight is 695 g/mol. The molecule has 0 fully saturated rings. The highest BCUT2D eigenvalue weighted by molar-refractivity contribution is 7.92. The third kappa shape index (κ3) is 8.77. The summed E-state index contributed by atoms with van der Waals surface area (Å²) in [5, 5.41) is 4.05. The first kappa shape index (κ1) is 35.2. The van der Waals surface area contributed by atoms with Crippen molar-refractivity contribution >= 4 is 49.8 Å². The Morgan fingerprint density at radius 1 is 1.04 bits per heavy atom. The standard InChI is InChI=1S/C18H22ClNO3.C12H8F3N5O3S/c1-3-4-5-7-13(2)23-17(21)12-22-16-10-9-15(19)14-8-6-11-20-18(14)16;1-23-12-16-5-8(15)10-17-11(18-20(10)12)24(21,22)19-9-6(13)3-2-4-7(9)14/h6,8-11,13H,3-5,7,12H2,1-2H3;2-5,19H,1H3. The molecule has 250 valence electrons. The number of sulfonamides is 1. The van der Waals surface area contributed by atoms with Gasteiger partial charge in [0.2, 0.25) is 0 Å². The van der Waals surface area contributed by atoms with Crippen LogP contribution >= 0.6 is 11.6 Å². The number of hydrogen-bond acceptors (Lipinski definition) is 10. The molecule has 0 radical (unpaired) electrons. The van der Waals surface area contributed by atoms with Crippen LogP contribution in [-0.4, -0.2) is 58.8 Å². The highest BCUT2D eigenvalue weighted by Gasteiger charge is 2.26. The Balaban J connectivity index is 0.000000213.